The third kappa shape index (κ3) is 4.49. The van der Waals surface area contributed by atoms with Crippen molar-refractivity contribution in [2.45, 2.75) is 0 Å². The molecule has 0 aliphatic rings. The number of hydrogen-bond donors (Lipinski definition) is 2. The Hall–Kier alpha value is -3.91. The quantitative estimate of drug-likeness (QED) is 0.457. The minimum absolute atomic E-state index is 0.205. The zero-order valence-corrected chi connectivity index (χ0v) is 17.5. The zero-order chi connectivity index (χ0) is 21.8. The van der Waals surface area contributed by atoms with Gasteiger partial charge in [0.15, 0.2) is 11.4 Å². The molecule has 156 valence electrons. The summed E-state index contributed by atoms with van der Waals surface area (Å²) in [6.07, 6.45) is 3.21. The Bertz CT molecular complexity index is 1270. The van der Waals surface area contributed by atoms with E-state index >= 15 is 0 Å². The molecule has 31 heavy (non-hydrogen) atoms. The van der Waals surface area contributed by atoms with Crippen LogP contribution in [0.4, 0.5) is 11.6 Å². The van der Waals surface area contributed by atoms with Crippen LogP contribution in [-0.4, -0.2) is 35.0 Å². The number of carbonyl (C=O) groups is 1. The Morgan fingerprint density at radius 1 is 1.06 bits per heavy atom. The van der Waals surface area contributed by atoms with E-state index in [0.717, 1.165) is 5.39 Å². The van der Waals surface area contributed by atoms with Crippen LogP contribution in [0.25, 0.3) is 10.9 Å². The van der Waals surface area contributed by atoms with Gasteiger partial charge in [0, 0.05) is 29.9 Å². The molecular weight excluding hydrogens is 418 g/mol. The number of aromatic nitrogens is 3. The molecule has 0 aliphatic carbocycles. The summed E-state index contributed by atoms with van der Waals surface area (Å²) in [5, 5.41) is 7.01. The van der Waals surface area contributed by atoms with Gasteiger partial charge in [-0.05, 0) is 48.5 Å². The van der Waals surface area contributed by atoms with Crippen LogP contribution in [0.15, 0.2) is 60.9 Å². The first-order chi connectivity index (χ1) is 15.1. The molecule has 1 amide bonds. The molecule has 0 aliphatic heterocycles. The van der Waals surface area contributed by atoms with Crippen molar-refractivity contribution in [3.8, 4) is 17.2 Å². The number of nitrogens with zero attached hydrogens (tertiary/aromatic N) is 3. The van der Waals surface area contributed by atoms with Crippen molar-refractivity contribution in [1.29, 1.82) is 0 Å². The molecule has 0 saturated heterocycles. The molecule has 2 aromatic heterocycles. The second-order valence-corrected chi connectivity index (χ2v) is 6.85. The highest BCUT2D eigenvalue weighted by molar-refractivity contribution is 6.31. The van der Waals surface area contributed by atoms with Crippen molar-refractivity contribution < 1.29 is 14.3 Å². The lowest BCUT2D eigenvalue weighted by Gasteiger charge is -2.12. The van der Waals surface area contributed by atoms with Gasteiger partial charge in [0.1, 0.15) is 11.5 Å². The molecule has 0 fully saturated rings. The summed E-state index contributed by atoms with van der Waals surface area (Å²) < 4.78 is 11.2. The van der Waals surface area contributed by atoms with E-state index in [1.54, 1.807) is 62.8 Å². The molecule has 0 bridgehead atoms. The number of hydrogen-bond acceptors (Lipinski definition) is 7. The smallest absolute Gasteiger partial charge is 0.273 e. The number of fused-ring (bicyclic) bond motifs is 1. The third-order valence-corrected chi connectivity index (χ3v) is 4.64. The summed E-state index contributed by atoms with van der Waals surface area (Å²) in [7, 11) is 3.12. The molecule has 0 spiro atoms. The van der Waals surface area contributed by atoms with Gasteiger partial charge in [0.25, 0.3) is 5.91 Å². The molecule has 2 N–H and O–H groups in total. The van der Waals surface area contributed by atoms with Gasteiger partial charge >= 0.3 is 0 Å². The van der Waals surface area contributed by atoms with Gasteiger partial charge in [-0.2, -0.15) is 0 Å². The molecule has 2 heterocycles. The normalized spacial score (nSPS) is 10.5. The van der Waals surface area contributed by atoms with E-state index in [9.17, 15) is 4.79 Å². The number of nitrogens with one attached hydrogen (secondary N) is 2. The number of anilines is 2. The van der Waals surface area contributed by atoms with Crippen LogP contribution in [0.1, 0.15) is 10.5 Å². The van der Waals surface area contributed by atoms with Crippen molar-refractivity contribution in [3.63, 3.8) is 0 Å². The van der Waals surface area contributed by atoms with Crippen molar-refractivity contribution in [2.24, 2.45) is 0 Å². The summed E-state index contributed by atoms with van der Waals surface area (Å²) >= 11 is 6.08. The Kier molecular flexibility index (Phi) is 5.81. The van der Waals surface area contributed by atoms with E-state index in [-0.39, 0.29) is 11.6 Å². The van der Waals surface area contributed by atoms with Crippen molar-refractivity contribution in [1.82, 2.24) is 20.3 Å². The molecule has 8 nitrogen and oxygen atoms in total. The van der Waals surface area contributed by atoms with E-state index in [1.807, 2.05) is 6.07 Å². The fraction of sp³-hybridized carbons (Fsp3) is 0.0909. The molecule has 0 radical (unpaired) electrons. The maximum atomic E-state index is 12.0. The van der Waals surface area contributed by atoms with Crippen LogP contribution in [-0.2, 0) is 0 Å². The van der Waals surface area contributed by atoms with Crippen LogP contribution in [0.3, 0.4) is 0 Å². The van der Waals surface area contributed by atoms with Crippen molar-refractivity contribution >= 4 is 40.0 Å². The molecule has 9 heteroatoms. The molecule has 4 aromatic rings. The van der Waals surface area contributed by atoms with Crippen LogP contribution in [0.2, 0.25) is 5.02 Å². The topological polar surface area (TPSA) is 98.3 Å². The first-order valence-corrected chi connectivity index (χ1v) is 9.67. The van der Waals surface area contributed by atoms with Gasteiger partial charge in [-0.25, -0.2) is 15.0 Å². The van der Waals surface area contributed by atoms with Crippen LogP contribution < -0.4 is 20.1 Å². The average molecular weight is 436 g/mol. The van der Waals surface area contributed by atoms with Crippen LogP contribution in [0, 0.1) is 0 Å². The van der Waals surface area contributed by atoms with Gasteiger partial charge < -0.3 is 20.1 Å². The molecule has 0 saturated carbocycles. The number of ether oxygens (including phenoxy) is 2. The van der Waals surface area contributed by atoms with Crippen LogP contribution >= 0.6 is 11.6 Å². The maximum Gasteiger partial charge on any atom is 0.273 e. The molecule has 4 rings (SSSR count). The molecule has 0 unspecified atom stereocenters. The minimum atomic E-state index is -0.327. The second-order valence-electron chi connectivity index (χ2n) is 6.42. The number of benzene rings is 2. The number of pyridine rings is 1. The third-order valence-electron chi connectivity index (χ3n) is 4.40. The number of rotatable bonds is 6. The SMILES string of the molecule is CNC(=O)c1ncccc1Oc1ccc2nc(Nc3cc(Cl)ccc3OC)ncc2c1. The highest BCUT2D eigenvalue weighted by Crippen LogP contribution is 2.31. The maximum absolute atomic E-state index is 12.0. The zero-order valence-electron chi connectivity index (χ0n) is 16.7. The van der Waals surface area contributed by atoms with E-state index in [0.29, 0.717) is 39.4 Å². The number of methoxy groups -OCH3 is 1. The standard InChI is InChI=1S/C22H18ClN5O3/c1-24-21(29)20-19(4-3-9-25-20)31-15-6-7-16-13(10-15)12-26-22(27-16)28-17-11-14(23)5-8-18(17)30-2/h3-12H,1-2H3,(H,24,29)(H,26,27,28). The van der Waals surface area contributed by atoms with E-state index in [2.05, 4.69) is 25.6 Å². The lowest BCUT2D eigenvalue weighted by atomic mass is 10.2. The number of halogens is 1. The lowest BCUT2D eigenvalue weighted by molar-refractivity contribution is 0.0955. The first kappa shape index (κ1) is 20.4. The van der Waals surface area contributed by atoms with Gasteiger partial charge in [0.2, 0.25) is 5.95 Å². The minimum Gasteiger partial charge on any atom is -0.495 e. The largest absolute Gasteiger partial charge is 0.495 e. The van der Waals surface area contributed by atoms with E-state index in [1.165, 1.54) is 6.20 Å². The Balaban J connectivity index is 1.60. The summed E-state index contributed by atoms with van der Waals surface area (Å²) in [6, 6.07) is 14.0. The molecule has 0 atom stereocenters. The highest BCUT2D eigenvalue weighted by Gasteiger charge is 2.13. The second kappa shape index (κ2) is 8.85. The monoisotopic (exact) mass is 435 g/mol. The fourth-order valence-electron chi connectivity index (χ4n) is 2.92. The fourth-order valence-corrected chi connectivity index (χ4v) is 3.09. The Morgan fingerprint density at radius 2 is 1.94 bits per heavy atom. The van der Waals surface area contributed by atoms with Crippen molar-refractivity contribution in [3.05, 3.63) is 71.6 Å². The highest BCUT2D eigenvalue weighted by atomic mass is 35.5. The summed E-state index contributed by atoms with van der Waals surface area (Å²) in [5.41, 5.74) is 1.58. The summed E-state index contributed by atoms with van der Waals surface area (Å²) in [4.78, 5) is 25.0. The molecular formula is C22H18ClN5O3. The summed E-state index contributed by atoms with van der Waals surface area (Å²) in [5.74, 6) is 1.59. The number of amides is 1. The summed E-state index contributed by atoms with van der Waals surface area (Å²) in [6.45, 7) is 0. The predicted octanol–water partition coefficient (Wildman–Crippen LogP) is 4.58. The van der Waals surface area contributed by atoms with Gasteiger partial charge in [-0.1, -0.05) is 11.6 Å². The molecule has 2 aromatic carbocycles. The van der Waals surface area contributed by atoms with Gasteiger partial charge in [-0.3, -0.25) is 4.79 Å². The lowest BCUT2D eigenvalue weighted by Crippen LogP contribution is -2.19. The Labute approximate surface area is 183 Å². The average Bonchev–Trinajstić information content (AvgIpc) is 2.79. The van der Waals surface area contributed by atoms with Crippen LogP contribution in [0.5, 0.6) is 17.2 Å². The van der Waals surface area contributed by atoms with E-state index in [4.69, 9.17) is 21.1 Å². The number of carbonyl (C=O) groups excluding carboxylic acids is 1. The predicted molar refractivity (Wildman–Crippen MR) is 119 cm³/mol. The first-order valence-electron chi connectivity index (χ1n) is 9.29. The van der Waals surface area contributed by atoms with Crippen molar-refractivity contribution in [2.75, 3.05) is 19.5 Å². The van der Waals surface area contributed by atoms with Gasteiger partial charge in [-0.15, -0.1) is 0 Å². The Morgan fingerprint density at radius 3 is 2.74 bits per heavy atom. The van der Waals surface area contributed by atoms with E-state index < -0.39 is 0 Å². The van der Waals surface area contributed by atoms with Gasteiger partial charge in [0.05, 0.1) is 18.3 Å².